The molecule has 8 heteroatoms. The lowest BCUT2D eigenvalue weighted by atomic mass is 10.1. The normalized spacial score (nSPS) is 15.1. The second-order valence-electron chi connectivity index (χ2n) is 6.63. The number of nitrogens with zero attached hydrogens (tertiary/aromatic N) is 1. The van der Waals surface area contributed by atoms with Crippen molar-refractivity contribution in [2.24, 2.45) is 0 Å². The Kier molecular flexibility index (Phi) is 7.24. The van der Waals surface area contributed by atoms with E-state index in [0.717, 1.165) is 11.1 Å². The Morgan fingerprint density at radius 2 is 1.76 bits per heavy atom. The van der Waals surface area contributed by atoms with Crippen molar-refractivity contribution in [2.75, 3.05) is 33.4 Å². The SMILES string of the molecule is COc1ccccc1COC(=O)CCc1ccc(S(=O)(=O)N2CCOCC2)cc1. The van der Waals surface area contributed by atoms with Gasteiger partial charge in [-0.05, 0) is 30.2 Å². The van der Waals surface area contributed by atoms with Crippen LogP contribution in [0.25, 0.3) is 0 Å². The number of esters is 1. The van der Waals surface area contributed by atoms with E-state index in [4.69, 9.17) is 14.2 Å². The molecule has 0 N–H and O–H groups in total. The summed E-state index contributed by atoms with van der Waals surface area (Å²) in [6.07, 6.45) is 0.688. The van der Waals surface area contributed by atoms with E-state index in [-0.39, 0.29) is 23.9 Å². The third-order valence-corrected chi connectivity index (χ3v) is 6.64. The summed E-state index contributed by atoms with van der Waals surface area (Å²) >= 11 is 0. The summed E-state index contributed by atoms with van der Waals surface area (Å²) in [7, 11) is -1.93. The van der Waals surface area contributed by atoms with Crippen LogP contribution in [0.4, 0.5) is 0 Å². The van der Waals surface area contributed by atoms with Crippen LogP contribution in [0.3, 0.4) is 0 Å². The Hall–Kier alpha value is -2.42. The van der Waals surface area contributed by atoms with E-state index >= 15 is 0 Å². The Labute approximate surface area is 171 Å². The standard InChI is InChI=1S/C21H25NO6S/c1-26-20-5-3-2-4-18(20)16-28-21(23)11-8-17-6-9-19(10-7-17)29(24,25)22-12-14-27-15-13-22/h2-7,9-10H,8,11-16H2,1H3. The first-order chi connectivity index (χ1) is 14.0. The predicted molar refractivity (Wildman–Crippen MR) is 107 cm³/mol. The number of para-hydroxylation sites is 1. The van der Waals surface area contributed by atoms with E-state index in [1.807, 2.05) is 24.3 Å². The van der Waals surface area contributed by atoms with Gasteiger partial charge in [-0.2, -0.15) is 4.31 Å². The number of aryl methyl sites for hydroxylation is 1. The molecule has 0 saturated carbocycles. The molecule has 1 saturated heterocycles. The van der Waals surface area contributed by atoms with E-state index in [9.17, 15) is 13.2 Å². The number of methoxy groups -OCH3 is 1. The minimum absolute atomic E-state index is 0.152. The van der Waals surface area contributed by atoms with Crippen molar-refractivity contribution in [3.05, 3.63) is 59.7 Å². The number of morpholine rings is 1. The molecule has 29 heavy (non-hydrogen) atoms. The van der Waals surface area contributed by atoms with Crippen LogP contribution in [0.5, 0.6) is 5.75 Å². The Morgan fingerprint density at radius 1 is 1.07 bits per heavy atom. The van der Waals surface area contributed by atoms with Gasteiger partial charge in [0, 0.05) is 25.1 Å². The van der Waals surface area contributed by atoms with Crippen LogP contribution in [-0.2, 0) is 37.3 Å². The summed E-state index contributed by atoms with van der Waals surface area (Å²) in [5.74, 6) is 0.360. The number of hydrogen-bond donors (Lipinski definition) is 0. The van der Waals surface area contributed by atoms with Gasteiger partial charge in [0.25, 0.3) is 0 Å². The monoisotopic (exact) mass is 419 g/mol. The van der Waals surface area contributed by atoms with Crippen molar-refractivity contribution in [1.29, 1.82) is 0 Å². The van der Waals surface area contributed by atoms with Gasteiger partial charge in [-0.1, -0.05) is 30.3 Å². The second kappa shape index (κ2) is 9.87. The average Bonchev–Trinajstić information content (AvgIpc) is 2.77. The molecule has 0 atom stereocenters. The minimum atomic E-state index is -3.51. The van der Waals surface area contributed by atoms with Gasteiger partial charge in [-0.25, -0.2) is 8.42 Å². The van der Waals surface area contributed by atoms with Crippen LogP contribution in [0.1, 0.15) is 17.5 Å². The van der Waals surface area contributed by atoms with Crippen LogP contribution >= 0.6 is 0 Å². The fourth-order valence-corrected chi connectivity index (χ4v) is 4.47. The molecule has 156 valence electrons. The van der Waals surface area contributed by atoms with E-state index in [1.165, 1.54) is 4.31 Å². The number of ether oxygens (including phenoxy) is 3. The Morgan fingerprint density at radius 3 is 2.45 bits per heavy atom. The largest absolute Gasteiger partial charge is 0.496 e. The molecule has 1 fully saturated rings. The first kappa shape index (κ1) is 21.3. The number of carbonyl (C=O) groups is 1. The lowest BCUT2D eigenvalue weighted by Crippen LogP contribution is -2.40. The minimum Gasteiger partial charge on any atom is -0.496 e. The topological polar surface area (TPSA) is 82.1 Å². The molecule has 0 bridgehead atoms. The average molecular weight is 419 g/mol. The maximum atomic E-state index is 12.6. The number of hydrogen-bond acceptors (Lipinski definition) is 6. The number of rotatable bonds is 8. The van der Waals surface area contributed by atoms with Crippen molar-refractivity contribution < 1.29 is 27.4 Å². The second-order valence-corrected chi connectivity index (χ2v) is 8.57. The van der Waals surface area contributed by atoms with Crippen LogP contribution in [-0.4, -0.2) is 52.1 Å². The van der Waals surface area contributed by atoms with Gasteiger partial charge in [0.05, 0.1) is 25.2 Å². The zero-order valence-electron chi connectivity index (χ0n) is 16.4. The molecule has 0 amide bonds. The smallest absolute Gasteiger partial charge is 0.306 e. The summed E-state index contributed by atoms with van der Waals surface area (Å²) in [6, 6.07) is 14.0. The van der Waals surface area contributed by atoms with Crippen LogP contribution in [0, 0.1) is 0 Å². The van der Waals surface area contributed by atoms with E-state index in [2.05, 4.69) is 0 Å². The summed E-state index contributed by atoms with van der Waals surface area (Å²) in [6.45, 7) is 1.70. The maximum absolute atomic E-state index is 12.6. The molecule has 2 aromatic carbocycles. The van der Waals surface area contributed by atoms with Crippen LogP contribution in [0.2, 0.25) is 0 Å². The van der Waals surface area contributed by atoms with Gasteiger partial charge in [0.2, 0.25) is 10.0 Å². The molecule has 1 aliphatic heterocycles. The first-order valence-electron chi connectivity index (χ1n) is 9.45. The lowest BCUT2D eigenvalue weighted by Gasteiger charge is -2.26. The van der Waals surface area contributed by atoms with Gasteiger partial charge < -0.3 is 14.2 Å². The van der Waals surface area contributed by atoms with Gasteiger partial charge in [0.1, 0.15) is 12.4 Å². The van der Waals surface area contributed by atoms with Crippen molar-refractivity contribution in [3.63, 3.8) is 0 Å². The number of benzene rings is 2. The van der Waals surface area contributed by atoms with Crippen molar-refractivity contribution in [3.8, 4) is 5.75 Å². The van der Waals surface area contributed by atoms with Gasteiger partial charge in [-0.15, -0.1) is 0 Å². The molecule has 0 aliphatic carbocycles. The zero-order chi connectivity index (χ0) is 20.7. The third kappa shape index (κ3) is 5.56. The molecule has 2 aromatic rings. The predicted octanol–water partition coefficient (Wildman–Crippen LogP) is 2.39. The molecule has 7 nitrogen and oxygen atoms in total. The summed E-state index contributed by atoms with van der Waals surface area (Å²) in [5, 5.41) is 0. The third-order valence-electron chi connectivity index (χ3n) is 4.73. The molecule has 1 heterocycles. The van der Waals surface area contributed by atoms with Gasteiger partial charge in [-0.3, -0.25) is 4.79 Å². The lowest BCUT2D eigenvalue weighted by molar-refractivity contribution is -0.144. The van der Waals surface area contributed by atoms with Crippen LogP contribution in [0.15, 0.2) is 53.4 Å². The highest BCUT2D eigenvalue weighted by Gasteiger charge is 2.26. The molecular weight excluding hydrogens is 394 g/mol. The molecular formula is C21H25NO6S. The van der Waals surface area contributed by atoms with Gasteiger partial charge in [0.15, 0.2) is 0 Å². The van der Waals surface area contributed by atoms with E-state index in [0.29, 0.717) is 38.5 Å². The molecule has 3 rings (SSSR count). The number of sulfonamides is 1. The fraction of sp³-hybridized carbons (Fsp3) is 0.381. The quantitative estimate of drug-likeness (QED) is 0.611. The van der Waals surface area contributed by atoms with Crippen molar-refractivity contribution >= 4 is 16.0 Å². The van der Waals surface area contributed by atoms with Crippen LogP contribution < -0.4 is 4.74 Å². The highest BCUT2D eigenvalue weighted by Crippen LogP contribution is 2.20. The van der Waals surface area contributed by atoms with E-state index < -0.39 is 10.0 Å². The number of carbonyl (C=O) groups excluding carboxylic acids is 1. The van der Waals surface area contributed by atoms with E-state index in [1.54, 1.807) is 31.4 Å². The summed E-state index contributed by atoms with van der Waals surface area (Å²) < 4.78 is 42.4. The van der Waals surface area contributed by atoms with Crippen molar-refractivity contribution in [1.82, 2.24) is 4.31 Å². The highest BCUT2D eigenvalue weighted by atomic mass is 32.2. The fourth-order valence-electron chi connectivity index (χ4n) is 3.06. The molecule has 0 spiro atoms. The summed E-state index contributed by atoms with van der Waals surface area (Å²) in [5.41, 5.74) is 1.68. The highest BCUT2D eigenvalue weighted by molar-refractivity contribution is 7.89. The molecule has 1 aliphatic rings. The summed E-state index contributed by atoms with van der Waals surface area (Å²) in [4.78, 5) is 12.3. The molecule has 0 radical (unpaired) electrons. The maximum Gasteiger partial charge on any atom is 0.306 e. The first-order valence-corrected chi connectivity index (χ1v) is 10.9. The Balaban J connectivity index is 1.51. The molecule has 0 unspecified atom stereocenters. The Bertz CT molecular complexity index is 920. The molecule has 0 aromatic heterocycles. The van der Waals surface area contributed by atoms with Crippen molar-refractivity contribution in [2.45, 2.75) is 24.3 Å². The van der Waals surface area contributed by atoms with Gasteiger partial charge >= 0.3 is 5.97 Å². The zero-order valence-corrected chi connectivity index (χ0v) is 17.2.